The number of esters is 1. The first-order valence-corrected chi connectivity index (χ1v) is 8.38. The second kappa shape index (κ2) is 7.39. The lowest BCUT2D eigenvalue weighted by molar-refractivity contribution is 0.0520. The van der Waals surface area contributed by atoms with Gasteiger partial charge in [-0.3, -0.25) is 4.40 Å². The maximum atomic E-state index is 12.0. The predicted molar refractivity (Wildman–Crippen MR) is 97.5 cm³/mol. The molecule has 0 spiro atoms. The smallest absolute Gasteiger partial charge is 0.358 e. The number of ether oxygens (including phenoxy) is 3. The Kier molecular flexibility index (Phi) is 5.20. The number of fused-ring (bicyclic) bond motifs is 1. The third-order valence-electron chi connectivity index (χ3n) is 3.68. The molecule has 0 N–H and O–H groups in total. The summed E-state index contributed by atoms with van der Waals surface area (Å²) in [6.07, 6.45) is 3.07. The SMILES string of the molecule is CCOC(=O)c1cn2c(-c3cc(OC)c(OC)cc3Cl)cnc(Cl)c2n1. The van der Waals surface area contributed by atoms with Crippen molar-refractivity contribution in [1.82, 2.24) is 14.4 Å². The number of hydrogen-bond acceptors (Lipinski definition) is 6. The van der Waals surface area contributed by atoms with E-state index in [4.69, 9.17) is 37.4 Å². The van der Waals surface area contributed by atoms with Gasteiger partial charge in [0.2, 0.25) is 0 Å². The Balaban J connectivity index is 2.23. The number of aromatic nitrogens is 3. The minimum Gasteiger partial charge on any atom is -0.493 e. The maximum Gasteiger partial charge on any atom is 0.358 e. The maximum absolute atomic E-state index is 12.0. The fourth-order valence-corrected chi connectivity index (χ4v) is 2.93. The van der Waals surface area contributed by atoms with E-state index in [1.807, 2.05) is 0 Å². The molecule has 0 unspecified atom stereocenters. The van der Waals surface area contributed by atoms with Gasteiger partial charge in [-0.25, -0.2) is 14.8 Å². The van der Waals surface area contributed by atoms with E-state index in [-0.39, 0.29) is 17.5 Å². The van der Waals surface area contributed by atoms with Gasteiger partial charge in [0.05, 0.1) is 37.7 Å². The lowest BCUT2D eigenvalue weighted by atomic mass is 10.1. The van der Waals surface area contributed by atoms with Gasteiger partial charge in [0.1, 0.15) is 0 Å². The van der Waals surface area contributed by atoms with E-state index < -0.39 is 5.97 Å². The number of imidazole rings is 1. The molecular formula is C17H15Cl2N3O4. The van der Waals surface area contributed by atoms with Crippen molar-refractivity contribution in [3.8, 4) is 22.8 Å². The number of halogens is 2. The van der Waals surface area contributed by atoms with Crippen LogP contribution < -0.4 is 9.47 Å². The number of carbonyl (C=O) groups excluding carboxylic acids is 1. The van der Waals surface area contributed by atoms with Crippen molar-refractivity contribution in [2.24, 2.45) is 0 Å². The molecule has 0 radical (unpaired) electrons. The summed E-state index contributed by atoms with van der Waals surface area (Å²) in [5.41, 5.74) is 1.64. The van der Waals surface area contributed by atoms with Crippen LogP contribution in [0.5, 0.6) is 11.5 Å². The van der Waals surface area contributed by atoms with Crippen molar-refractivity contribution in [3.05, 3.63) is 40.4 Å². The lowest BCUT2D eigenvalue weighted by Crippen LogP contribution is -2.04. The lowest BCUT2D eigenvalue weighted by Gasteiger charge is -2.13. The molecule has 136 valence electrons. The summed E-state index contributed by atoms with van der Waals surface area (Å²) in [4.78, 5) is 20.4. The van der Waals surface area contributed by atoms with Crippen LogP contribution in [0.1, 0.15) is 17.4 Å². The van der Waals surface area contributed by atoms with Crippen molar-refractivity contribution in [1.29, 1.82) is 0 Å². The Morgan fingerprint density at radius 1 is 1.19 bits per heavy atom. The van der Waals surface area contributed by atoms with E-state index in [1.165, 1.54) is 20.4 Å². The molecule has 0 atom stereocenters. The van der Waals surface area contributed by atoms with Gasteiger partial charge in [0.25, 0.3) is 0 Å². The zero-order chi connectivity index (χ0) is 18.8. The van der Waals surface area contributed by atoms with E-state index >= 15 is 0 Å². The Labute approximate surface area is 159 Å². The van der Waals surface area contributed by atoms with Gasteiger partial charge >= 0.3 is 5.97 Å². The molecule has 0 fully saturated rings. The molecule has 26 heavy (non-hydrogen) atoms. The molecule has 0 aliphatic heterocycles. The van der Waals surface area contributed by atoms with Crippen LogP contribution in [0, 0.1) is 0 Å². The average Bonchev–Trinajstić information content (AvgIpc) is 3.09. The van der Waals surface area contributed by atoms with Gasteiger partial charge in [-0.2, -0.15) is 0 Å². The van der Waals surface area contributed by atoms with Crippen LogP contribution in [0.4, 0.5) is 0 Å². The summed E-state index contributed by atoms with van der Waals surface area (Å²) in [6, 6.07) is 3.36. The van der Waals surface area contributed by atoms with Crippen molar-refractivity contribution in [2.45, 2.75) is 6.92 Å². The van der Waals surface area contributed by atoms with Gasteiger partial charge in [-0.05, 0) is 13.0 Å². The molecule has 7 nitrogen and oxygen atoms in total. The Bertz CT molecular complexity index is 988. The van der Waals surface area contributed by atoms with E-state index in [0.29, 0.717) is 33.4 Å². The predicted octanol–water partition coefficient (Wildman–Crippen LogP) is 3.90. The van der Waals surface area contributed by atoms with Crippen LogP contribution in [-0.2, 0) is 4.74 Å². The molecule has 0 saturated heterocycles. The summed E-state index contributed by atoms with van der Waals surface area (Å²) in [7, 11) is 3.05. The van der Waals surface area contributed by atoms with Crippen molar-refractivity contribution < 1.29 is 19.0 Å². The molecule has 0 aliphatic carbocycles. The van der Waals surface area contributed by atoms with Crippen LogP contribution in [0.3, 0.4) is 0 Å². The average molecular weight is 396 g/mol. The summed E-state index contributed by atoms with van der Waals surface area (Å²) < 4.78 is 17.2. The molecule has 1 aromatic carbocycles. The fourth-order valence-electron chi connectivity index (χ4n) is 2.50. The molecule has 3 rings (SSSR count). The number of benzene rings is 1. The van der Waals surface area contributed by atoms with E-state index in [9.17, 15) is 4.79 Å². The highest BCUT2D eigenvalue weighted by Crippen LogP contribution is 2.38. The highest BCUT2D eigenvalue weighted by Gasteiger charge is 2.19. The molecule has 0 saturated carbocycles. The summed E-state index contributed by atoms with van der Waals surface area (Å²) >= 11 is 12.5. The van der Waals surface area contributed by atoms with Gasteiger partial charge in [0.15, 0.2) is 28.0 Å². The van der Waals surface area contributed by atoms with Gasteiger partial charge in [-0.15, -0.1) is 0 Å². The van der Waals surface area contributed by atoms with Gasteiger partial charge in [0, 0.05) is 17.8 Å². The largest absolute Gasteiger partial charge is 0.493 e. The topological polar surface area (TPSA) is 75.0 Å². The number of methoxy groups -OCH3 is 2. The summed E-state index contributed by atoms with van der Waals surface area (Å²) in [5.74, 6) is 0.453. The van der Waals surface area contributed by atoms with Crippen LogP contribution >= 0.6 is 23.2 Å². The highest BCUT2D eigenvalue weighted by molar-refractivity contribution is 6.34. The van der Waals surface area contributed by atoms with E-state index in [2.05, 4.69) is 9.97 Å². The normalized spacial score (nSPS) is 10.8. The second-order valence-corrected chi connectivity index (χ2v) is 5.93. The number of rotatable bonds is 5. The van der Waals surface area contributed by atoms with Crippen molar-refractivity contribution in [2.75, 3.05) is 20.8 Å². The quantitative estimate of drug-likeness (QED) is 0.609. The zero-order valence-corrected chi connectivity index (χ0v) is 15.8. The first kappa shape index (κ1) is 18.3. The van der Waals surface area contributed by atoms with Crippen LogP contribution in [0.15, 0.2) is 24.5 Å². The summed E-state index contributed by atoms with van der Waals surface area (Å²) in [5, 5.41) is 0.570. The monoisotopic (exact) mass is 395 g/mol. The Morgan fingerprint density at radius 3 is 2.54 bits per heavy atom. The highest BCUT2D eigenvalue weighted by atomic mass is 35.5. The number of nitrogens with zero attached hydrogens (tertiary/aromatic N) is 3. The molecule has 2 aromatic heterocycles. The van der Waals surface area contributed by atoms with E-state index in [0.717, 1.165) is 0 Å². The van der Waals surface area contributed by atoms with Gasteiger partial charge < -0.3 is 14.2 Å². The molecule has 9 heteroatoms. The third kappa shape index (κ3) is 3.15. The Morgan fingerprint density at radius 2 is 1.88 bits per heavy atom. The standard InChI is InChI=1S/C17H15Cl2N3O4/c1-4-26-17(23)11-8-22-12(7-20-15(19)16(22)21-11)9-5-13(24-2)14(25-3)6-10(9)18/h5-8H,4H2,1-3H3. The first-order valence-electron chi connectivity index (χ1n) is 7.62. The molecular weight excluding hydrogens is 381 g/mol. The molecule has 2 heterocycles. The molecule has 0 bridgehead atoms. The third-order valence-corrected chi connectivity index (χ3v) is 4.26. The Hall–Kier alpha value is -2.51. The van der Waals surface area contributed by atoms with Crippen LogP contribution in [-0.4, -0.2) is 41.2 Å². The molecule has 0 aliphatic rings. The molecule has 0 amide bonds. The minimum atomic E-state index is -0.545. The zero-order valence-electron chi connectivity index (χ0n) is 14.2. The minimum absolute atomic E-state index is 0.125. The second-order valence-electron chi connectivity index (χ2n) is 5.16. The van der Waals surface area contributed by atoms with Gasteiger partial charge in [-0.1, -0.05) is 23.2 Å². The fraction of sp³-hybridized carbons (Fsp3) is 0.235. The number of hydrogen-bond donors (Lipinski definition) is 0. The van der Waals surface area contributed by atoms with Crippen molar-refractivity contribution in [3.63, 3.8) is 0 Å². The van der Waals surface area contributed by atoms with Crippen LogP contribution in [0.2, 0.25) is 10.2 Å². The number of carbonyl (C=O) groups is 1. The first-order chi connectivity index (χ1) is 12.5. The van der Waals surface area contributed by atoms with Crippen molar-refractivity contribution >= 4 is 34.8 Å². The van der Waals surface area contributed by atoms with Crippen LogP contribution in [0.25, 0.3) is 16.9 Å². The van der Waals surface area contributed by atoms with E-state index in [1.54, 1.807) is 29.7 Å². The molecule has 3 aromatic rings. The summed E-state index contributed by atoms with van der Waals surface area (Å²) in [6.45, 7) is 1.96.